The molecule has 0 aliphatic carbocycles. The molecule has 0 aliphatic rings. The Kier molecular flexibility index (Phi) is 8.50. The Hall–Kier alpha value is -3.57. The third kappa shape index (κ3) is 6.96. The molecule has 34 heavy (non-hydrogen) atoms. The highest BCUT2D eigenvalue weighted by Crippen LogP contribution is 2.22. The number of esters is 1. The number of ether oxygens (including phenoxy) is 2. The van der Waals surface area contributed by atoms with Crippen LogP contribution in [0.4, 0.5) is 5.69 Å². The number of rotatable bonds is 8. The van der Waals surface area contributed by atoms with Gasteiger partial charge in [0.2, 0.25) is 0 Å². The molecule has 1 amide bonds. The Morgan fingerprint density at radius 1 is 1.00 bits per heavy atom. The van der Waals surface area contributed by atoms with E-state index < -0.39 is 12.1 Å². The molecule has 0 fully saturated rings. The number of nitrogens with one attached hydrogen (secondary N) is 1. The number of carbonyl (C=O) groups excluding carboxylic acids is 2. The van der Waals surface area contributed by atoms with E-state index in [0.29, 0.717) is 17.4 Å². The standard InChI is InChI=1S/C28H28ClNO4/c1-18-15-19(2)27(20(3)16-18)30-28(32)21(4)34-26(31)14-11-22-9-12-24(13-10-22)33-17-23-7-5-6-8-25(23)29/h5-16,21H,17H2,1-4H3,(H,30,32)/t21-/m1/s1. The Labute approximate surface area is 205 Å². The molecular formula is C28H28ClNO4. The lowest BCUT2D eigenvalue weighted by molar-refractivity contribution is -0.148. The second kappa shape index (κ2) is 11.5. The first-order chi connectivity index (χ1) is 16.2. The third-order valence-electron chi connectivity index (χ3n) is 5.23. The summed E-state index contributed by atoms with van der Waals surface area (Å²) in [5, 5.41) is 3.52. The molecule has 0 spiro atoms. The number of hydrogen-bond acceptors (Lipinski definition) is 4. The summed E-state index contributed by atoms with van der Waals surface area (Å²) >= 11 is 6.14. The van der Waals surface area contributed by atoms with Crippen LogP contribution in [0.15, 0.2) is 66.7 Å². The highest BCUT2D eigenvalue weighted by Gasteiger charge is 2.18. The van der Waals surface area contributed by atoms with Crippen LogP contribution in [0.2, 0.25) is 5.02 Å². The van der Waals surface area contributed by atoms with Gasteiger partial charge < -0.3 is 14.8 Å². The Morgan fingerprint density at radius 2 is 1.65 bits per heavy atom. The van der Waals surface area contributed by atoms with Crippen molar-refractivity contribution in [2.24, 2.45) is 0 Å². The van der Waals surface area contributed by atoms with Gasteiger partial charge in [0, 0.05) is 22.3 Å². The van der Waals surface area contributed by atoms with Gasteiger partial charge in [0.1, 0.15) is 12.4 Å². The molecule has 3 rings (SSSR count). The van der Waals surface area contributed by atoms with Gasteiger partial charge in [-0.2, -0.15) is 0 Å². The summed E-state index contributed by atoms with van der Waals surface area (Å²) in [7, 11) is 0. The van der Waals surface area contributed by atoms with Gasteiger partial charge in [-0.1, -0.05) is 59.6 Å². The van der Waals surface area contributed by atoms with Gasteiger partial charge in [0.05, 0.1) is 0 Å². The number of carbonyl (C=O) groups is 2. The van der Waals surface area contributed by atoms with Crippen LogP contribution in [0, 0.1) is 20.8 Å². The van der Waals surface area contributed by atoms with Crippen LogP contribution in [-0.2, 0) is 20.9 Å². The molecule has 0 unspecified atom stereocenters. The molecule has 176 valence electrons. The first kappa shape index (κ1) is 25.1. The van der Waals surface area contributed by atoms with Gasteiger partial charge in [-0.25, -0.2) is 4.79 Å². The van der Waals surface area contributed by atoms with Crippen molar-refractivity contribution in [1.29, 1.82) is 0 Å². The zero-order valence-corrected chi connectivity index (χ0v) is 20.5. The molecule has 3 aromatic rings. The fourth-order valence-electron chi connectivity index (χ4n) is 3.49. The van der Waals surface area contributed by atoms with Gasteiger partial charge in [0.15, 0.2) is 6.10 Å². The van der Waals surface area contributed by atoms with Crippen molar-refractivity contribution in [3.8, 4) is 5.75 Å². The van der Waals surface area contributed by atoms with Crippen molar-refractivity contribution < 1.29 is 19.1 Å². The molecule has 0 bridgehead atoms. The Bertz CT molecular complexity index is 1180. The van der Waals surface area contributed by atoms with Crippen LogP contribution in [0.5, 0.6) is 5.75 Å². The second-order valence-corrected chi connectivity index (χ2v) is 8.53. The minimum absolute atomic E-state index is 0.364. The van der Waals surface area contributed by atoms with Gasteiger partial charge in [-0.05, 0) is 68.7 Å². The fraction of sp³-hybridized carbons (Fsp3) is 0.214. The van der Waals surface area contributed by atoms with Crippen LogP contribution in [-0.4, -0.2) is 18.0 Å². The average molecular weight is 478 g/mol. The summed E-state index contributed by atoms with van der Waals surface area (Å²) in [5.74, 6) is -0.289. The predicted octanol–water partition coefficient (Wildman–Crippen LogP) is 6.43. The maximum Gasteiger partial charge on any atom is 0.331 e. The van der Waals surface area contributed by atoms with E-state index in [1.54, 1.807) is 13.0 Å². The SMILES string of the molecule is Cc1cc(C)c(NC(=O)[C@@H](C)OC(=O)C=Cc2ccc(OCc3ccccc3Cl)cc2)c(C)c1. The lowest BCUT2D eigenvalue weighted by atomic mass is 10.0. The van der Waals surface area contributed by atoms with E-state index in [9.17, 15) is 9.59 Å². The average Bonchev–Trinajstić information content (AvgIpc) is 2.80. The van der Waals surface area contributed by atoms with Crippen molar-refractivity contribution in [3.63, 3.8) is 0 Å². The summed E-state index contributed by atoms with van der Waals surface area (Å²) < 4.78 is 11.0. The van der Waals surface area contributed by atoms with Crippen LogP contribution in [0.1, 0.15) is 34.7 Å². The molecule has 0 heterocycles. The summed E-state index contributed by atoms with van der Waals surface area (Å²) in [6.07, 6.45) is 1.99. The predicted molar refractivity (Wildman–Crippen MR) is 136 cm³/mol. The molecule has 6 heteroatoms. The maximum absolute atomic E-state index is 12.5. The van der Waals surface area contributed by atoms with E-state index in [4.69, 9.17) is 21.1 Å². The summed E-state index contributed by atoms with van der Waals surface area (Å²) in [6.45, 7) is 7.78. The molecule has 0 aromatic heterocycles. The van der Waals surface area contributed by atoms with Crippen molar-refractivity contribution in [1.82, 2.24) is 0 Å². The van der Waals surface area contributed by atoms with Crippen molar-refractivity contribution in [3.05, 3.63) is 99.6 Å². The minimum Gasteiger partial charge on any atom is -0.489 e. The zero-order chi connectivity index (χ0) is 24.7. The molecule has 5 nitrogen and oxygen atoms in total. The Morgan fingerprint density at radius 3 is 2.29 bits per heavy atom. The van der Waals surface area contributed by atoms with E-state index in [-0.39, 0.29) is 5.91 Å². The van der Waals surface area contributed by atoms with Gasteiger partial charge in [-0.15, -0.1) is 0 Å². The van der Waals surface area contributed by atoms with Crippen molar-refractivity contribution in [2.75, 3.05) is 5.32 Å². The largest absolute Gasteiger partial charge is 0.489 e. The smallest absolute Gasteiger partial charge is 0.331 e. The van der Waals surface area contributed by atoms with E-state index in [1.807, 2.05) is 81.4 Å². The third-order valence-corrected chi connectivity index (χ3v) is 5.60. The lowest BCUT2D eigenvalue weighted by Crippen LogP contribution is -2.30. The lowest BCUT2D eigenvalue weighted by Gasteiger charge is -2.16. The highest BCUT2D eigenvalue weighted by atomic mass is 35.5. The number of halogens is 1. The first-order valence-electron chi connectivity index (χ1n) is 11.0. The highest BCUT2D eigenvalue weighted by molar-refractivity contribution is 6.31. The quantitative estimate of drug-likeness (QED) is 0.300. The number of anilines is 1. The maximum atomic E-state index is 12.5. The van der Waals surface area contributed by atoms with Crippen LogP contribution >= 0.6 is 11.6 Å². The Balaban J connectivity index is 1.51. The van der Waals surface area contributed by atoms with E-state index in [2.05, 4.69) is 5.32 Å². The molecule has 0 aliphatic heterocycles. The summed E-state index contributed by atoms with van der Waals surface area (Å²) in [6, 6.07) is 18.8. The van der Waals surface area contributed by atoms with E-state index in [1.165, 1.54) is 6.08 Å². The van der Waals surface area contributed by atoms with E-state index >= 15 is 0 Å². The number of aryl methyl sites for hydroxylation is 3. The van der Waals surface area contributed by atoms with Crippen LogP contribution in [0.3, 0.4) is 0 Å². The van der Waals surface area contributed by atoms with E-state index in [0.717, 1.165) is 33.5 Å². The normalized spacial score (nSPS) is 11.8. The topological polar surface area (TPSA) is 64.6 Å². The second-order valence-electron chi connectivity index (χ2n) is 8.12. The van der Waals surface area contributed by atoms with Gasteiger partial charge in [-0.3, -0.25) is 4.79 Å². The van der Waals surface area contributed by atoms with Crippen LogP contribution in [0.25, 0.3) is 6.08 Å². The molecule has 0 radical (unpaired) electrons. The minimum atomic E-state index is -0.933. The first-order valence-corrected chi connectivity index (χ1v) is 11.3. The molecule has 0 saturated carbocycles. The van der Waals surface area contributed by atoms with Crippen molar-refractivity contribution in [2.45, 2.75) is 40.4 Å². The molecule has 0 saturated heterocycles. The number of amides is 1. The van der Waals surface area contributed by atoms with Gasteiger partial charge >= 0.3 is 5.97 Å². The van der Waals surface area contributed by atoms with Gasteiger partial charge in [0.25, 0.3) is 5.91 Å². The summed E-state index contributed by atoms with van der Waals surface area (Å²) in [5.41, 5.74) is 5.49. The number of benzene rings is 3. The molecular weight excluding hydrogens is 450 g/mol. The number of hydrogen-bond donors (Lipinski definition) is 1. The summed E-state index contributed by atoms with van der Waals surface area (Å²) in [4.78, 5) is 24.7. The van der Waals surface area contributed by atoms with Crippen LogP contribution < -0.4 is 10.1 Å². The molecule has 1 atom stereocenters. The fourth-order valence-corrected chi connectivity index (χ4v) is 3.68. The zero-order valence-electron chi connectivity index (χ0n) is 19.7. The molecule has 3 aromatic carbocycles. The molecule has 1 N–H and O–H groups in total. The monoisotopic (exact) mass is 477 g/mol. The van der Waals surface area contributed by atoms with Crippen molar-refractivity contribution >= 4 is 35.2 Å².